The van der Waals surface area contributed by atoms with Gasteiger partial charge in [0.2, 0.25) is 0 Å². The van der Waals surface area contributed by atoms with Gasteiger partial charge in [-0.1, -0.05) is 48.5 Å². The minimum Gasteiger partial charge on any atom is -0.338 e. The standard InChI is InChI=1S/C17H14N2S/c1-2-6-12(7-3-1)15-10-11-16(20-15)17-18-13-8-4-5-9-14(13)19-17/h1-9,11,15H,10H2,(H,18,19). The zero-order valence-corrected chi connectivity index (χ0v) is 11.7. The van der Waals surface area contributed by atoms with Gasteiger partial charge in [-0.25, -0.2) is 4.98 Å². The van der Waals surface area contributed by atoms with Crippen LogP contribution in [-0.4, -0.2) is 9.97 Å². The molecule has 0 spiro atoms. The zero-order valence-electron chi connectivity index (χ0n) is 10.9. The summed E-state index contributed by atoms with van der Waals surface area (Å²) in [6.45, 7) is 0. The number of aromatic nitrogens is 2. The fourth-order valence-corrected chi connectivity index (χ4v) is 3.75. The van der Waals surface area contributed by atoms with Gasteiger partial charge in [-0.15, -0.1) is 11.8 Å². The molecule has 0 saturated heterocycles. The van der Waals surface area contributed by atoms with Crippen LogP contribution in [0.25, 0.3) is 15.9 Å². The molecule has 1 aliphatic heterocycles. The summed E-state index contributed by atoms with van der Waals surface area (Å²) in [5, 5.41) is 0.513. The first-order chi connectivity index (χ1) is 9.90. The smallest absolute Gasteiger partial charge is 0.144 e. The van der Waals surface area contributed by atoms with Crippen LogP contribution in [0.3, 0.4) is 0 Å². The normalized spacial score (nSPS) is 18.4. The van der Waals surface area contributed by atoms with Crippen molar-refractivity contribution < 1.29 is 0 Å². The predicted octanol–water partition coefficient (Wildman–Crippen LogP) is 4.78. The molecular formula is C17H14N2S. The largest absolute Gasteiger partial charge is 0.338 e. The van der Waals surface area contributed by atoms with Crippen molar-refractivity contribution in [3.8, 4) is 0 Å². The number of para-hydroxylation sites is 2. The number of thioether (sulfide) groups is 1. The molecule has 4 rings (SSSR count). The second-order valence-electron chi connectivity index (χ2n) is 4.92. The molecule has 0 fully saturated rings. The van der Waals surface area contributed by atoms with Crippen molar-refractivity contribution in [2.75, 3.05) is 0 Å². The van der Waals surface area contributed by atoms with Crippen LogP contribution in [0.1, 0.15) is 23.1 Å². The van der Waals surface area contributed by atoms with Gasteiger partial charge >= 0.3 is 0 Å². The molecule has 0 saturated carbocycles. The molecule has 1 N–H and O–H groups in total. The van der Waals surface area contributed by atoms with Crippen molar-refractivity contribution in [2.24, 2.45) is 0 Å². The second kappa shape index (κ2) is 4.84. The molecule has 0 amide bonds. The third-order valence-corrected chi connectivity index (χ3v) is 4.94. The zero-order chi connectivity index (χ0) is 13.4. The fourth-order valence-electron chi connectivity index (χ4n) is 2.56. The molecule has 1 unspecified atom stereocenters. The van der Waals surface area contributed by atoms with Gasteiger partial charge in [0.05, 0.1) is 11.0 Å². The van der Waals surface area contributed by atoms with Crippen molar-refractivity contribution in [2.45, 2.75) is 11.7 Å². The molecule has 1 aliphatic rings. The Hall–Kier alpha value is -2.00. The number of allylic oxidation sites excluding steroid dienone is 1. The van der Waals surface area contributed by atoms with Crippen LogP contribution in [0.4, 0.5) is 0 Å². The van der Waals surface area contributed by atoms with E-state index >= 15 is 0 Å². The first-order valence-corrected chi connectivity index (χ1v) is 7.65. The van der Waals surface area contributed by atoms with Crippen molar-refractivity contribution in [1.82, 2.24) is 9.97 Å². The van der Waals surface area contributed by atoms with Gasteiger partial charge in [0.1, 0.15) is 5.82 Å². The topological polar surface area (TPSA) is 28.7 Å². The van der Waals surface area contributed by atoms with Gasteiger partial charge in [0.15, 0.2) is 0 Å². The Morgan fingerprint density at radius 2 is 1.80 bits per heavy atom. The average Bonchev–Trinajstić information content (AvgIpc) is 3.14. The Kier molecular flexibility index (Phi) is 2.85. The summed E-state index contributed by atoms with van der Waals surface area (Å²) in [4.78, 5) is 9.35. The van der Waals surface area contributed by atoms with Crippen LogP contribution in [0, 0.1) is 0 Å². The number of nitrogens with one attached hydrogen (secondary N) is 1. The Bertz CT molecular complexity index is 741. The van der Waals surface area contributed by atoms with E-state index in [2.05, 4.69) is 52.4 Å². The first kappa shape index (κ1) is 11.8. The lowest BCUT2D eigenvalue weighted by Crippen LogP contribution is -1.87. The summed E-state index contributed by atoms with van der Waals surface area (Å²) in [7, 11) is 0. The average molecular weight is 278 g/mol. The third kappa shape index (κ3) is 2.04. The monoisotopic (exact) mass is 278 g/mol. The highest BCUT2D eigenvalue weighted by Gasteiger charge is 2.22. The molecule has 1 atom stereocenters. The maximum absolute atomic E-state index is 4.68. The van der Waals surface area contributed by atoms with E-state index < -0.39 is 0 Å². The number of rotatable bonds is 2. The van der Waals surface area contributed by atoms with Gasteiger partial charge in [0.25, 0.3) is 0 Å². The number of imidazole rings is 1. The second-order valence-corrected chi connectivity index (χ2v) is 6.17. The Labute approximate surface area is 121 Å². The molecule has 0 radical (unpaired) electrons. The molecule has 20 heavy (non-hydrogen) atoms. The van der Waals surface area contributed by atoms with Gasteiger partial charge in [-0.3, -0.25) is 0 Å². The molecule has 2 heterocycles. The summed E-state index contributed by atoms with van der Waals surface area (Å²) in [6, 6.07) is 18.9. The molecule has 2 nitrogen and oxygen atoms in total. The summed E-state index contributed by atoms with van der Waals surface area (Å²) < 4.78 is 0. The third-order valence-electron chi connectivity index (χ3n) is 3.58. The van der Waals surface area contributed by atoms with E-state index in [1.54, 1.807) is 0 Å². The van der Waals surface area contributed by atoms with Gasteiger partial charge < -0.3 is 4.98 Å². The summed E-state index contributed by atoms with van der Waals surface area (Å²) in [5.41, 5.74) is 3.53. The van der Waals surface area contributed by atoms with Crippen LogP contribution in [0.2, 0.25) is 0 Å². The van der Waals surface area contributed by atoms with E-state index in [4.69, 9.17) is 0 Å². The minimum atomic E-state index is 0.513. The Balaban J connectivity index is 1.61. The SMILES string of the molecule is C1=C(c2nc3ccccc3[nH]2)SC(c2ccccc2)C1. The molecule has 0 bridgehead atoms. The van der Waals surface area contributed by atoms with Gasteiger partial charge in [0, 0.05) is 10.2 Å². The lowest BCUT2D eigenvalue weighted by molar-refractivity contribution is 0.991. The summed E-state index contributed by atoms with van der Waals surface area (Å²) in [6.07, 6.45) is 3.36. The Morgan fingerprint density at radius 1 is 1.00 bits per heavy atom. The number of benzene rings is 2. The summed E-state index contributed by atoms with van der Waals surface area (Å²) >= 11 is 1.90. The molecule has 0 aliphatic carbocycles. The summed E-state index contributed by atoms with van der Waals surface area (Å²) in [5.74, 6) is 0.995. The van der Waals surface area contributed by atoms with Crippen LogP contribution >= 0.6 is 11.8 Å². The maximum atomic E-state index is 4.68. The molecule has 1 aromatic heterocycles. The number of hydrogen-bond acceptors (Lipinski definition) is 2. The maximum Gasteiger partial charge on any atom is 0.144 e. The Morgan fingerprint density at radius 3 is 2.65 bits per heavy atom. The number of hydrogen-bond donors (Lipinski definition) is 1. The van der Waals surface area contributed by atoms with Crippen molar-refractivity contribution in [3.63, 3.8) is 0 Å². The molecule has 3 heteroatoms. The minimum absolute atomic E-state index is 0.513. The van der Waals surface area contributed by atoms with Gasteiger partial charge in [-0.05, 0) is 24.1 Å². The first-order valence-electron chi connectivity index (χ1n) is 6.77. The van der Waals surface area contributed by atoms with E-state index in [1.165, 1.54) is 10.5 Å². The van der Waals surface area contributed by atoms with Crippen LogP contribution in [-0.2, 0) is 0 Å². The number of aromatic amines is 1. The highest BCUT2D eigenvalue weighted by Crippen LogP contribution is 2.47. The van der Waals surface area contributed by atoms with Crippen molar-refractivity contribution >= 4 is 27.7 Å². The van der Waals surface area contributed by atoms with E-state index in [1.807, 2.05) is 30.0 Å². The molecule has 98 valence electrons. The predicted molar refractivity (Wildman–Crippen MR) is 85.5 cm³/mol. The van der Waals surface area contributed by atoms with Crippen molar-refractivity contribution in [1.29, 1.82) is 0 Å². The number of fused-ring (bicyclic) bond motifs is 1. The molecular weight excluding hydrogens is 264 g/mol. The van der Waals surface area contributed by atoms with Gasteiger partial charge in [-0.2, -0.15) is 0 Å². The number of nitrogens with zero attached hydrogens (tertiary/aromatic N) is 1. The van der Waals surface area contributed by atoms with E-state index in [-0.39, 0.29) is 0 Å². The van der Waals surface area contributed by atoms with Crippen LogP contribution in [0.15, 0.2) is 60.7 Å². The molecule has 2 aromatic carbocycles. The van der Waals surface area contributed by atoms with Crippen LogP contribution in [0.5, 0.6) is 0 Å². The molecule has 3 aromatic rings. The lowest BCUT2D eigenvalue weighted by atomic mass is 10.1. The van der Waals surface area contributed by atoms with Crippen LogP contribution < -0.4 is 0 Å². The van der Waals surface area contributed by atoms with E-state index in [9.17, 15) is 0 Å². The van der Waals surface area contributed by atoms with E-state index in [0.29, 0.717) is 5.25 Å². The highest BCUT2D eigenvalue weighted by atomic mass is 32.2. The lowest BCUT2D eigenvalue weighted by Gasteiger charge is -2.09. The van der Waals surface area contributed by atoms with Crippen molar-refractivity contribution in [3.05, 3.63) is 72.1 Å². The highest BCUT2D eigenvalue weighted by molar-refractivity contribution is 8.08. The number of H-pyrrole nitrogens is 1. The quantitative estimate of drug-likeness (QED) is 0.730. The fraction of sp³-hybridized carbons (Fsp3) is 0.118. The van der Waals surface area contributed by atoms with E-state index in [0.717, 1.165) is 23.3 Å².